The number of methoxy groups -OCH3 is 1. The van der Waals surface area contributed by atoms with Crippen molar-refractivity contribution in [2.24, 2.45) is 0 Å². The van der Waals surface area contributed by atoms with Crippen LogP contribution in [-0.4, -0.2) is 30.8 Å². The molecule has 1 rings (SSSR count). The second kappa shape index (κ2) is 8.44. The number of benzene rings is 1. The largest absolute Gasteiger partial charge is 0.383 e. The second-order valence-electron chi connectivity index (χ2n) is 4.27. The molecule has 0 radical (unpaired) electrons. The first-order valence-electron chi connectivity index (χ1n) is 6.10. The molecule has 0 fully saturated rings. The van der Waals surface area contributed by atoms with Crippen molar-refractivity contribution in [2.75, 3.05) is 13.7 Å². The molecule has 3 N–H and O–H groups in total. The third kappa shape index (κ3) is 5.94. The average Bonchev–Trinajstić information content (AvgIpc) is 2.39. The van der Waals surface area contributed by atoms with Crippen LogP contribution in [-0.2, 0) is 16.0 Å². The maximum Gasteiger partial charge on any atom is 0.242 e. The normalized spacial score (nSPS) is 11.6. The Balaban J connectivity index is 2.33. The van der Waals surface area contributed by atoms with Crippen molar-refractivity contribution in [3.63, 3.8) is 0 Å². The number of amides is 1. The second-order valence-corrected chi connectivity index (χ2v) is 4.68. The van der Waals surface area contributed by atoms with Crippen molar-refractivity contribution in [1.82, 2.24) is 16.2 Å². The smallest absolute Gasteiger partial charge is 0.242 e. The molecule has 7 heteroatoms. The van der Waals surface area contributed by atoms with Crippen molar-refractivity contribution < 1.29 is 13.9 Å². The number of carbonyl (C=O) groups is 1. The van der Waals surface area contributed by atoms with Gasteiger partial charge in [0.15, 0.2) is 5.11 Å². The molecule has 0 aliphatic carbocycles. The summed E-state index contributed by atoms with van der Waals surface area (Å²) in [5.74, 6) is -0.782. The van der Waals surface area contributed by atoms with E-state index in [0.717, 1.165) is 0 Å². The van der Waals surface area contributed by atoms with Gasteiger partial charge in [-0.05, 0) is 30.8 Å². The molecule has 0 saturated carbocycles. The van der Waals surface area contributed by atoms with E-state index in [1.165, 1.54) is 6.07 Å². The van der Waals surface area contributed by atoms with Gasteiger partial charge in [-0.25, -0.2) is 4.39 Å². The number of rotatable bonds is 5. The summed E-state index contributed by atoms with van der Waals surface area (Å²) in [6, 6.07) is 6.15. The van der Waals surface area contributed by atoms with Crippen LogP contribution in [0.15, 0.2) is 24.3 Å². The Morgan fingerprint density at radius 2 is 2.10 bits per heavy atom. The molecule has 0 unspecified atom stereocenters. The number of thiocarbonyl (C=S) groups is 1. The van der Waals surface area contributed by atoms with Crippen LogP contribution in [0.2, 0.25) is 0 Å². The molecule has 1 aromatic rings. The molecule has 5 nitrogen and oxygen atoms in total. The van der Waals surface area contributed by atoms with Gasteiger partial charge in [-0.3, -0.25) is 15.6 Å². The summed E-state index contributed by atoms with van der Waals surface area (Å²) in [5.41, 5.74) is 5.29. The summed E-state index contributed by atoms with van der Waals surface area (Å²) < 4.78 is 18.3. The molecule has 0 aliphatic heterocycles. The molecule has 0 spiro atoms. The fourth-order valence-electron chi connectivity index (χ4n) is 1.54. The molecule has 0 heterocycles. The van der Waals surface area contributed by atoms with Crippen molar-refractivity contribution in [2.45, 2.75) is 19.4 Å². The SMILES string of the molecule is COC[C@@H](C)NC(=S)NNC(=O)Cc1ccccc1F. The predicted molar refractivity (Wildman–Crippen MR) is 78.5 cm³/mol. The minimum atomic E-state index is -0.405. The Hall–Kier alpha value is -1.73. The molecule has 0 aliphatic rings. The molecule has 1 atom stereocenters. The Kier molecular flexibility index (Phi) is 6.89. The first kappa shape index (κ1) is 16.3. The third-order valence-electron chi connectivity index (χ3n) is 2.42. The summed E-state index contributed by atoms with van der Waals surface area (Å²) in [6.07, 6.45) is -0.0596. The molecule has 0 aromatic heterocycles. The Morgan fingerprint density at radius 1 is 1.40 bits per heavy atom. The zero-order valence-corrected chi connectivity index (χ0v) is 12.2. The van der Waals surface area contributed by atoms with Crippen molar-refractivity contribution in [3.05, 3.63) is 35.6 Å². The summed E-state index contributed by atoms with van der Waals surface area (Å²) in [7, 11) is 1.59. The van der Waals surface area contributed by atoms with E-state index < -0.39 is 5.82 Å². The van der Waals surface area contributed by atoms with Gasteiger partial charge in [-0.2, -0.15) is 0 Å². The first-order chi connectivity index (χ1) is 9.52. The van der Waals surface area contributed by atoms with E-state index in [2.05, 4.69) is 16.2 Å². The van der Waals surface area contributed by atoms with Crippen molar-refractivity contribution in [3.8, 4) is 0 Å². The fraction of sp³-hybridized carbons (Fsp3) is 0.385. The summed E-state index contributed by atoms with van der Waals surface area (Å²) >= 11 is 4.99. The minimum absolute atomic E-state index is 0.0171. The lowest BCUT2D eigenvalue weighted by atomic mass is 10.1. The lowest BCUT2D eigenvalue weighted by Crippen LogP contribution is -2.50. The fourth-order valence-corrected chi connectivity index (χ4v) is 1.79. The molecule has 1 aromatic carbocycles. The summed E-state index contributed by atoms with van der Waals surface area (Å²) in [6.45, 7) is 2.38. The monoisotopic (exact) mass is 299 g/mol. The number of hydrazine groups is 1. The van der Waals surface area contributed by atoms with Crippen LogP contribution in [0, 0.1) is 5.82 Å². The van der Waals surface area contributed by atoms with Crippen molar-refractivity contribution in [1.29, 1.82) is 0 Å². The number of carbonyl (C=O) groups excluding carboxylic acids is 1. The first-order valence-corrected chi connectivity index (χ1v) is 6.51. The van der Waals surface area contributed by atoms with Crippen LogP contribution >= 0.6 is 12.2 Å². The molecule has 110 valence electrons. The quantitative estimate of drug-likeness (QED) is 0.557. The van der Waals surface area contributed by atoms with Gasteiger partial charge in [-0.15, -0.1) is 0 Å². The average molecular weight is 299 g/mol. The van der Waals surface area contributed by atoms with Gasteiger partial charge in [0, 0.05) is 13.2 Å². The lowest BCUT2D eigenvalue weighted by molar-refractivity contribution is -0.121. The Bertz CT molecular complexity index is 471. The van der Waals surface area contributed by atoms with Gasteiger partial charge >= 0.3 is 0 Å². The van der Waals surface area contributed by atoms with Gasteiger partial charge < -0.3 is 10.1 Å². The van der Waals surface area contributed by atoms with E-state index >= 15 is 0 Å². The van der Waals surface area contributed by atoms with Gasteiger partial charge in [-0.1, -0.05) is 18.2 Å². The summed E-state index contributed by atoms with van der Waals surface area (Å²) in [5, 5.41) is 3.19. The zero-order chi connectivity index (χ0) is 15.0. The minimum Gasteiger partial charge on any atom is -0.383 e. The van der Waals surface area contributed by atoms with E-state index in [1.54, 1.807) is 25.3 Å². The highest BCUT2D eigenvalue weighted by atomic mass is 32.1. The molecular formula is C13H18FN3O2S. The van der Waals surface area contributed by atoms with E-state index in [1.807, 2.05) is 6.92 Å². The topological polar surface area (TPSA) is 62.4 Å². The maximum absolute atomic E-state index is 13.4. The summed E-state index contributed by atoms with van der Waals surface area (Å²) in [4.78, 5) is 11.6. The van der Waals surface area contributed by atoms with E-state index in [9.17, 15) is 9.18 Å². The highest BCUT2D eigenvalue weighted by Crippen LogP contribution is 2.06. The van der Waals surface area contributed by atoms with Crippen molar-refractivity contribution >= 4 is 23.2 Å². The molecule has 1 amide bonds. The zero-order valence-electron chi connectivity index (χ0n) is 11.4. The number of hydrogen-bond acceptors (Lipinski definition) is 3. The highest BCUT2D eigenvalue weighted by Gasteiger charge is 2.08. The van der Waals surface area contributed by atoms with Crippen LogP contribution in [0.3, 0.4) is 0 Å². The van der Waals surface area contributed by atoms with Crippen LogP contribution in [0.1, 0.15) is 12.5 Å². The van der Waals surface area contributed by atoms with Crippen LogP contribution in [0.5, 0.6) is 0 Å². The van der Waals surface area contributed by atoms with Crippen LogP contribution in [0.25, 0.3) is 0 Å². The standard InChI is InChI=1S/C13H18FN3O2S/c1-9(8-19-2)15-13(20)17-16-12(18)7-10-5-3-4-6-11(10)14/h3-6,9H,7-8H2,1-2H3,(H,16,18)(H2,15,17,20)/t9-/m1/s1. The molecule has 20 heavy (non-hydrogen) atoms. The van der Waals surface area contributed by atoms with E-state index in [-0.39, 0.29) is 23.5 Å². The van der Waals surface area contributed by atoms with Gasteiger partial charge in [0.1, 0.15) is 5.82 Å². The number of ether oxygens (including phenoxy) is 1. The van der Waals surface area contributed by atoms with Gasteiger partial charge in [0.2, 0.25) is 5.91 Å². The maximum atomic E-state index is 13.4. The highest BCUT2D eigenvalue weighted by molar-refractivity contribution is 7.80. The number of hydrogen-bond donors (Lipinski definition) is 3. The van der Waals surface area contributed by atoms with E-state index in [0.29, 0.717) is 12.2 Å². The van der Waals surface area contributed by atoms with Crippen LogP contribution in [0.4, 0.5) is 4.39 Å². The van der Waals surface area contributed by atoms with E-state index in [4.69, 9.17) is 17.0 Å². The third-order valence-corrected chi connectivity index (χ3v) is 2.64. The molecular weight excluding hydrogens is 281 g/mol. The number of nitrogens with one attached hydrogen (secondary N) is 3. The molecule has 0 saturated heterocycles. The van der Waals surface area contributed by atoms with Gasteiger partial charge in [0.25, 0.3) is 0 Å². The molecule has 0 bridgehead atoms. The Morgan fingerprint density at radius 3 is 2.75 bits per heavy atom. The Labute approximate surface area is 122 Å². The predicted octanol–water partition coefficient (Wildman–Crippen LogP) is 0.898. The van der Waals surface area contributed by atoms with Gasteiger partial charge in [0.05, 0.1) is 13.0 Å². The number of halogens is 1. The van der Waals surface area contributed by atoms with Crippen LogP contribution < -0.4 is 16.2 Å². The lowest BCUT2D eigenvalue weighted by Gasteiger charge is -2.16.